The van der Waals surface area contributed by atoms with E-state index in [-0.39, 0.29) is 36.4 Å². The number of fused-ring (bicyclic) bond motifs is 1. The minimum atomic E-state index is 0. The van der Waals surface area contributed by atoms with Crippen LogP contribution in [0.2, 0.25) is 0 Å². The van der Waals surface area contributed by atoms with E-state index in [0.29, 0.717) is 12.5 Å². The summed E-state index contributed by atoms with van der Waals surface area (Å²) in [5.41, 5.74) is 2.57. The molecule has 0 spiro atoms. The SMILES string of the molecule is CCNC(=NCC(=O)N1CCc2sccc2C1)NCCc1ccccc1.I. The molecule has 1 aromatic carbocycles. The second kappa shape index (κ2) is 11.3. The molecule has 1 aliphatic heterocycles. The third-order valence-corrected chi connectivity index (χ3v) is 5.45. The Kier molecular flexibility index (Phi) is 9.06. The Hall–Kier alpha value is -1.61. The second-order valence-corrected chi connectivity index (χ2v) is 7.29. The first kappa shape index (κ1) is 21.7. The molecule has 1 amide bonds. The maximum absolute atomic E-state index is 12.5. The molecule has 1 aliphatic rings. The summed E-state index contributed by atoms with van der Waals surface area (Å²) in [6, 6.07) is 12.5. The predicted octanol–water partition coefficient (Wildman–Crippen LogP) is 3.05. The van der Waals surface area contributed by atoms with Crippen molar-refractivity contribution in [3.05, 3.63) is 57.8 Å². The van der Waals surface area contributed by atoms with Crippen molar-refractivity contribution in [1.29, 1.82) is 0 Å². The molecule has 1 aromatic heterocycles. The minimum absolute atomic E-state index is 0. The third kappa shape index (κ3) is 6.49. The van der Waals surface area contributed by atoms with Gasteiger partial charge in [0.2, 0.25) is 5.91 Å². The van der Waals surface area contributed by atoms with E-state index >= 15 is 0 Å². The molecule has 0 aliphatic carbocycles. The van der Waals surface area contributed by atoms with Gasteiger partial charge in [0, 0.05) is 31.1 Å². The van der Waals surface area contributed by atoms with Crippen LogP contribution in [0.15, 0.2) is 46.8 Å². The number of nitrogens with one attached hydrogen (secondary N) is 2. The van der Waals surface area contributed by atoms with Crippen LogP contribution in [0.5, 0.6) is 0 Å². The summed E-state index contributed by atoms with van der Waals surface area (Å²) < 4.78 is 0. The predicted molar refractivity (Wildman–Crippen MR) is 123 cm³/mol. The van der Waals surface area contributed by atoms with Gasteiger partial charge >= 0.3 is 0 Å². The molecule has 0 fully saturated rings. The van der Waals surface area contributed by atoms with E-state index in [1.807, 2.05) is 30.0 Å². The van der Waals surface area contributed by atoms with Gasteiger partial charge in [-0.05, 0) is 42.3 Å². The van der Waals surface area contributed by atoms with E-state index in [1.165, 1.54) is 16.0 Å². The molecule has 146 valence electrons. The number of hydrogen-bond acceptors (Lipinski definition) is 3. The number of amides is 1. The Labute approximate surface area is 182 Å². The van der Waals surface area contributed by atoms with Crippen LogP contribution in [0.3, 0.4) is 0 Å². The Morgan fingerprint density at radius 2 is 2.04 bits per heavy atom. The van der Waals surface area contributed by atoms with Gasteiger partial charge in [0.15, 0.2) is 5.96 Å². The van der Waals surface area contributed by atoms with E-state index in [9.17, 15) is 4.79 Å². The van der Waals surface area contributed by atoms with Gasteiger partial charge in [0.1, 0.15) is 6.54 Å². The van der Waals surface area contributed by atoms with Gasteiger partial charge < -0.3 is 15.5 Å². The first-order valence-electron chi connectivity index (χ1n) is 9.15. The average molecular weight is 498 g/mol. The van der Waals surface area contributed by atoms with Crippen LogP contribution in [-0.4, -0.2) is 42.9 Å². The van der Waals surface area contributed by atoms with Gasteiger partial charge in [-0.2, -0.15) is 0 Å². The van der Waals surface area contributed by atoms with Crippen LogP contribution < -0.4 is 10.6 Å². The van der Waals surface area contributed by atoms with E-state index in [0.717, 1.165) is 32.5 Å². The maximum atomic E-state index is 12.5. The van der Waals surface area contributed by atoms with Crippen LogP contribution in [0.1, 0.15) is 22.9 Å². The number of hydrogen-bond donors (Lipinski definition) is 2. The number of aliphatic imine (C=N–C) groups is 1. The first-order chi connectivity index (χ1) is 12.8. The molecule has 2 N–H and O–H groups in total. The lowest BCUT2D eigenvalue weighted by atomic mass is 10.1. The number of nitrogens with zero attached hydrogens (tertiary/aromatic N) is 2. The fraction of sp³-hybridized carbons (Fsp3) is 0.400. The molecular weight excluding hydrogens is 471 g/mol. The minimum Gasteiger partial charge on any atom is -0.357 e. The zero-order chi connectivity index (χ0) is 18.2. The number of guanidine groups is 1. The van der Waals surface area contributed by atoms with Crippen molar-refractivity contribution >= 4 is 47.2 Å². The lowest BCUT2D eigenvalue weighted by molar-refractivity contribution is -0.130. The van der Waals surface area contributed by atoms with Crippen molar-refractivity contribution in [3.8, 4) is 0 Å². The van der Waals surface area contributed by atoms with Crippen LogP contribution in [0.4, 0.5) is 0 Å². The molecule has 2 heterocycles. The Morgan fingerprint density at radius 3 is 2.81 bits per heavy atom. The lowest BCUT2D eigenvalue weighted by Crippen LogP contribution is -2.40. The third-order valence-electron chi connectivity index (χ3n) is 4.43. The fourth-order valence-corrected chi connectivity index (χ4v) is 3.91. The second-order valence-electron chi connectivity index (χ2n) is 6.29. The van der Waals surface area contributed by atoms with E-state index in [2.05, 4.69) is 39.2 Å². The summed E-state index contributed by atoms with van der Waals surface area (Å²) in [5.74, 6) is 0.784. The largest absolute Gasteiger partial charge is 0.357 e. The lowest BCUT2D eigenvalue weighted by Gasteiger charge is -2.26. The first-order valence-corrected chi connectivity index (χ1v) is 10.0. The number of thiophene rings is 1. The van der Waals surface area contributed by atoms with Crippen molar-refractivity contribution in [2.45, 2.75) is 26.3 Å². The summed E-state index contributed by atoms with van der Waals surface area (Å²) in [6.45, 7) is 5.27. The van der Waals surface area contributed by atoms with Gasteiger partial charge in [-0.15, -0.1) is 35.3 Å². The van der Waals surface area contributed by atoms with Gasteiger partial charge in [-0.1, -0.05) is 30.3 Å². The highest BCUT2D eigenvalue weighted by Gasteiger charge is 2.21. The molecule has 0 saturated heterocycles. The molecule has 7 heteroatoms. The monoisotopic (exact) mass is 498 g/mol. The van der Waals surface area contributed by atoms with E-state index < -0.39 is 0 Å². The molecule has 0 bridgehead atoms. The highest BCUT2D eigenvalue weighted by atomic mass is 127. The number of rotatable bonds is 6. The number of carbonyl (C=O) groups excluding carboxylic acids is 1. The highest BCUT2D eigenvalue weighted by Crippen LogP contribution is 2.23. The molecule has 0 saturated carbocycles. The van der Waals surface area contributed by atoms with E-state index in [4.69, 9.17) is 0 Å². The fourth-order valence-electron chi connectivity index (χ4n) is 3.02. The molecule has 5 nitrogen and oxygen atoms in total. The molecule has 27 heavy (non-hydrogen) atoms. The van der Waals surface area contributed by atoms with Gasteiger partial charge in [-0.25, -0.2) is 4.99 Å². The molecule has 3 rings (SSSR count). The molecule has 0 unspecified atom stereocenters. The van der Waals surface area contributed by atoms with Crippen LogP contribution in [0, 0.1) is 0 Å². The van der Waals surface area contributed by atoms with Gasteiger partial charge in [0.05, 0.1) is 0 Å². The van der Waals surface area contributed by atoms with Crippen molar-refractivity contribution < 1.29 is 4.79 Å². The van der Waals surface area contributed by atoms with Crippen LogP contribution in [0.25, 0.3) is 0 Å². The smallest absolute Gasteiger partial charge is 0.244 e. The summed E-state index contributed by atoms with van der Waals surface area (Å²) in [5, 5.41) is 8.63. The number of benzene rings is 1. The Balaban J connectivity index is 0.00000261. The summed E-state index contributed by atoms with van der Waals surface area (Å²) >= 11 is 1.79. The molecule has 2 aromatic rings. The van der Waals surface area contributed by atoms with Gasteiger partial charge in [-0.3, -0.25) is 4.79 Å². The summed E-state index contributed by atoms with van der Waals surface area (Å²) in [4.78, 5) is 20.3. The van der Waals surface area contributed by atoms with Gasteiger partial charge in [0.25, 0.3) is 0 Å². The van der Waals surface area contributed by atoms with Crippen molar-refractivity contribution in [3.63, 3.8) is 0 Å². The normalized spacial score (nSPS) is 13.5. The van der Waals surface area contributed by atoms with E-state index in [1.54, 1.807) is 11.3 Å². The van der Waals surface area contributed by atoms with Crippen molar-refractivity contribution in [2.75, 3.05) is 26.2 Å². The zero-order valence-electron chi connectivity index (χ0n) is 15.6. The van der Waals surface area contributed by atoms with Crippen molar-refractivity contribution in [2.24, 2.45) is 4.99 Å². The Morgan fingerprint density at radius 1 is 1.22 bits per heavy atom. The number of carbonyl (C=O) groups is 1. The topological polar surface area (TPSA) is 56.7 Å². The highest BCUT2D eigenvalue weighted by molar-refractivity contribution is 14.0. The average Bonchev–Trinajstić information content (AvgIpc) is 3.14. The number of halogens is 1. The molecule has 0 atom stereocenters. The van der Waals surface area contributed by atoms with Crippen LogP contribution in [-0.2, 0) is 24.2 Å². The molecular formula is C20H27IN4OS. The molecule has 0 radical (unpaired) electrons. The quantitative estimate of drug-likeness (QED) is 0.366. The standard InChI is InChI=1S/C20H26N4OS.HI/c1-2-21-20(22-11-8-16-6-4-3-5-7-16)23-14-19(25)24-12-9-18-17(15-24)10-13-26-18;/h3-7,10,13H,2,8-9,11-12,14-15H2,1H3,(H2,21,22,23);1H. The summed E-state index contributed by atoms with van der Waals surface area (Å²) in [6.07, 6.45) is 1.88. The van der Waals surface area contributed by atoms with Crippen LogP contribution >= 0.6 is 35.3 Å². The maximum Gasteiger partial charge on any atom is 0.244 e. The van der Waals surface area contributed by atoms with Crippen molar-refractivity contribution in [1.82, 2.24) is 15.5 Å². The summed E-state index contributed by atoms with van der Waals surface area (Å²) in [7, 11) is 0. The zero-order valence-corrected chi connectivity index (χ0v) is 18.8. The Bertz CT molecular complexity index is 747.